The maximum Gasteiger partial charge on any atom is 0.345 e. The first-order valence-electron chi connectivity index (χ1n) is 9.39. The van der Waals surface area contributed by atoms with Gasteiger partial charge in [-0.25, -0.2) is 9.18 Å². The molecule has 2 N–H and O–H groups in total. The quantitative estimate of drug-likeness (QED) is 0.865. The fraction of sp³-hybridized carbons (Fsp3) is 0.476. The molecular weight excluding hydrogens is 345 g/mol. The first kappa shape index (κ1) is 19.3. The van der Waals surface area contributed by atoms with Crippen molar-refractivity contribution >= 4 is 5.91 Å². The molecule has 0 saturated heterocycles. The van der Waals surface area contributed by atoms with E-state index >= 15 is 0 Å². The molecule has 0 bridgehead atoms. The molecule has 0 spiro atoms. The van der Waals surface area contributed by atoms with Crippen molar-refractivity contribution in [2.75, 3.05) is 0 Å². The van der Waals surface area contributed by atoms with Gasteiger partial charge in [-0.05, 0) is 48.9 Å². The molecule has 6 heteroatoms. The van der Waals surface area contributed by atoms with Crippen molar-refractivity contribution in [2.24, 2.45) is 5.92 Å². The zero-order chi connectivity index (χ0) is 19.6. The molecule has 1 aromatic carbocycles. The zero-order valence-electron chi connectivity index (χ0n) is 16.0. The molecule has 144 valence electrons. The van der Waals surface area contributed by atoms with Crippen LogP contribution in [0.1, 0.15) is 61.8 Å². The molecule has 1 aliphatic carbocycles. The van der Waals surface area contributed by atoms with E-state index in [0.29, 0.717) is 11.6 Å². The van der Waals surface area contributed by atoms with E-state index in [4.69, 9.17) is 0 Å². The minimum atomic E-state index is -0.512. The van der Waals surface area contributed by atoms with E-state index in [2.05, 4.69) is 15.3 Å². The lowest BCUT2D eigenvalue weighted by Gasteiger charge is -2.22. The Kier molecular flexibility index (Phi) is 5.44. The number of hydrogen-bond acceptors (Lipinski definition) is 3. The number of nitrogens with one attached hydrogen (secondary N) is 2. The van der Waals surface area contributed by atoms with E-state index in [9.17, 15) is 14.0 Å². The van der Waals surface area contributed by atoms with Crippen molar-refractivity contribution in [1.82, 2.24) is 15.3 Å². The topological polar surface area (TPSA) is 74.8 Å². The van der Waals surface area contributed by atoms with Crippen molar-refractivity contribution in [3.8, 4) is 0 Å². The predicted molar refractivity (Wildman–Crippen MR) is 102 cm³/mol. The van der Waals surface area contributed by atoms with E-state index in [-0.39, 0.29) is 28.9 Å². The summed E-state index contributed by atoms with van der Waals surface area (Å²) in [6.45, 7) is 5.90. The van der Waals surface area contributed by atoms with Crippen LogP contribution in [-0.2, 0) is 11.8 Å². The summed E-state index contributed by atoms with van der Waals surface area (Å²) in [6.07, 6.45) is 3.74. The molecule has 3 rings (SSSR count). The maximum absolute atomic E-state index is 13.1. The van der Waals surface area contributed by atoms with Gasteiger partial charge in [-0.3, -0.25) is 4.79 Å². The van der Waals surface area contributed by atoms with Crippen molar-refractivity contribution < 1.29 is 9.18 Å². The number of aromatic amines is 1. The maximum atomic E-state index is 13.1. The van der Waals surface area contributed by atoms with Crippen LogP contribution in [0.25, 0.3) is 0 Å². The summed E-state index contributed by atoms with van der Waals surface area (Å²) in [7, 11) is 0. The first-order valence-corrected chi connectivity index (χ1v) is 9.39. The minimum Gasteiger partial charge on any atom is -0.348 e. The molecule has 0 radical (unpaired) electrons. The molecule has 2 atom stereocenters. The zero-order valence-corrected chi connectivity index (χ0v) is 16.0. The molecule has 1 amide bonds. The summed E-state index contributed by atoms with van der Waals surface area (Å²) < 4.78 is 13.1. The van der Waals surface area contributed by atoms with Gasteiger partial charge in [-0.1, -0.05) is 39.3 Å². The highest BCUT2D eigenvalue weighted by Crippen LogP contribution is 2.29. The van der Waals surface area contributed by atoms with Crippen LogP contribution in [0.2, 0.25) is 0 Å². The number of hydrogen-bond donors (Lipinski definition) is 2. The van der Waals surface area contributed by atoms with Crippen molar-refractivity contribution in [1.29, 1.82) is 0 Å². The van der Waals surface area contributed by atoms with Gasteiger partial charge in [0.15, 0.2) is 0 Å². The number of H-pyrrole nitrogens is 1. The minimum absolute atomic E-state index is 0.0294. The van der Waals surface area contributed by atoms with Crippen LogP contribution in [0.5, 0.6) is 0 Å². The number of aromatic nitrogens is 2. The second-order valence-corrected chi connectivity index (χ2v) is 8.34. The van der Waals surface area contributed by atoms with E-state index in [0.717, 1.165) is 31.2 Å². The van der Waals surface area contributed by atoms with Crippen LogP contribution in [0, 0.1) is 11.7 Å². The Bertz CT molecular complexity index is 868. The number of nitrogens with zero attached hydrogens (tertiary/aromatic N) is 1. The number of carbonyl (C=O) groups is 1. The molecule has 1 fully saturated rings. The smallest absolute Gasteiger partial charge is 0.345 e. The van der Waals surface area contributed by atoms with E-state index in [1.807, 2.05) is 20.8 Å². The number of rotatable bonds is 4. The van der Waals surface area contributed by atoms with Crippen molar-refractivity contribution in [2.45, 2.75) is 57.9 Å². The number of amides is 1. The second kappa shape index (κ2) is 7.62. The van der Waals surface area contributed by atoms with Crippen LogP contribution in [0.15, 0.2) is 35.1 Å². The van der Waals surface area contributed by atoms with Crippen LogP contribution in [0.3, 0.4) is 0 Å². The van der Waals surface area contributed by atoms with Crippen LogP contribution in [-0.4, -0.2) is 21.9 Å². The van der Waals surface area contributed by atoms with Crippen LogP contribution >= 0.6 is 0 Å². The first-order chi connectivity index (χ1) is 12.7. The fourth-order valence-corrected chi connectivity index (χ4v) is 3.61. The monoisotopic (exact) mass is 371 g/mol. The highest BCUT2D eigenvalue weighted by molar-refractivity contribution is 5.92. The lowest BCUT2D eigenvalue weighted by atomic mass is 9.91. The van der Waals surface area contributed by atoms with Gasteiger partial charge >= 0.3 is 5.69 Å². The number of halogens is 1. The van der Waals surface area contributed by atoms with E-state index < -0.39 is 5.69 Å². The molecule has 5 nitrogen and oxygen atoms in total. The Labute approximate surface area is 158 Å². The largest absolute Gasteiger partial charge is 0.348 e. The Morgan fingerprint density at radius 2 is 1.96 bits per heavy atom. The molecule has 1 heterocycles. The molecule has 0 unspecified atom stereocenters. The lowest BCUT2D eigenvalue weighted by molar-refractivity contribution is 0.0922. The third kappa shape index (κ3) is 4.81. The predicted octanol–water partition coefficient (Wildman–Crippen LogP) is 3.35. The molecule has 27 heavy (non-hydrogen) atoms. The summed E-state index contributed by atoms with van der Waals surface area (Å²) in [5.74, 6) is -0.267. The van der Waals surface area contributed by atoms with Crippen LogP contribution in [0.4, 0.5) is 4.39 Å². The Morgan fingerprint density at radius 1 is 1.26 bits per heavy atom. The summed E-state index contributed by atoms with van der Waals surface area (Å²) in [6, 6.07) is 8.20. The SMILES string of the molecule is CC(C)(C)c1cc(C(=O)N[C@H]2CCC[C@H]2Cc2ccc(F)cc2)nc(=O)[nH]1. The molecule has 1 aromatic heterocycles. The van der Waals surface area contributed by atoms with Crippen LogP contribution < -0.4 is 11.0 Å². The fourth-order valence-electron chi connectivity index (χ4n) is 3.61. The van der Waals surface area contributed by atoms with E-state index in [1.54, 1.807) is 18.2 Å². The molecule has 0 aliphatic heterocycles. The van der Waals surface area contributed by atoms with Gasteiger partial charge in [-0.2, -0.15) is 4.98 Å². The summed E-state index contributed by atoms with van der Waals surface area (Å²) >= 11 is 0. The summed E-state index contributed by atoms with van der Waals surface area (Å²) in [5.41, 5.74) is 1.10. The summed E-state index contributed by atoms with van der Waals surface area (Å²) in [5, 5.41) is 3.05. The van der Waals surface area contributed by atoms with Crippen molar-refractivity contribution in [3.05, 3.63) is 63.6 Å². The Hall–Kier alpha value is -2.50. The van der Waals surface area contributed by atoms with E-state index in [1.165, 1.54) is 12.1 Å². The molecule has 1 saturated carbocycles. The average molecular weight is 371 g/mol. The number of carbonyl (C=O) groups excluding carboxylic acids is 1. The average Bonchev–Trinajstić information content (AvgIpc) is 3.02. The third-order valence-electron chi connectivity index (χ3n) is 5.17. The van der Waals surface area contributed by atoms with Gasteiger partial charge in [0.25, 0.3) is 5.91 Å². The summed E-state index contributed by atoms with van der Waals surface area (Å²) in [4.78, 5) is 31.1. The molecular formula is C21H26FN3O2. The van der Waals surface area contributed by atoms with Crippen molar-refractivity contribution in [3.63, 3.8) is 0 Å². The van der Waals surface area contributed by atoms with Gasteiger partial charge < -0.3 is 10.3 Å². The standard InChI is InChI=1S/C21H26FN3O2/c1-21(2,3)18-12-17(24-20(27)25-18)19(26)23-16-6-4-5-14(16)11-13-7-9-15(22)10-8-13/h7-10,12,14,16H,4-6,11H2,1-3H3,(H,23,26)(H,24,25,27)/t14-,16-/m0/s1. The number of benzene rings is 1. The van der Waals surface area contributed by atoms with Gasteiger partial charge in [0, 0.05) is 17.2 Å². The Balaban J connectivity index is 1.72. The highest BCUT2D eigenvalue weighted by atomic mass is 19.1. The lowest BCUT2D eigenvalue weighted by Crippen LogP contribution is -2.39. The third-order valence-corrected chi connectivity index (χ3v) is 5.17. The van der Waals surface area contributed by atoms with Gasteiger partial charge in [0.05, 0.1) is 0 Å². The molecule has 1 aliphatic rings. The molecule has 2 aromatic rings. The van der Waals surface area contributed by atoms with Gasteiger partial charge in [0.2, 0.25) is 0 Å². The van der Waals surface area contributed by atoms with Gasteiger partial charge in [0.1, 0.15) is 11.5 Å². The highest BCUT2D eigenvalue weighted by Gasteiger charge is 2.29. The second-order valence-electron chi connectivity index (χ2n) is 8.34. The Morgan fingerprint density at radius 3 is 2.63 bits per heavy atom. The van der Waals surface area contributed by atoms with Gasteiger partial charge in [-0.15, -0.1) is 0 Å². The normalized spacial score (nSPS) is 19.9.